The van der Waals surface area contributed by atoms with Gasteiger partial charge in [0, 0.05) is 21.9 Å². The fourth-order valence-electron chi connectivity index (χ4n) is 2.91. The van der Waals surface area contributed by atoms with Gasteiger partial charge in [-0.05, 0) is 24.3 Å². The van der Waals surface area contributed by atoms with Crippen molar-refractivity contribution in [2.24, 2.45) is 0 Å². The zero-order valence-corrected chi connectivity index (χ0v) is 16.8. The summed E-state index contributed by atoms with van der Waals surface area (Å²) in [6.45, 7) is 0. The van der Waals surface area contributed by atoms with Crippen LogP contribution in [0.2, 0.25) is 0 Å². The van der Waals surface area contributed by atoms with Crippen LogP contribution in [0.4, 0.5) is 11.4 Å². The Labute approximate surface area is 179 Å². The maximum Gasteiger partial charge on any atom is 0.277 e. The van der Waals surface area contributed by atoms with Crippen LogP contribution in [-0.2, 0) is 19.2 Å². The van der Waals surface area contributed by atoms with Gasteiger partial charge in [-0.1, -0.05) is 59.2 Å². The highest BCUT2D eigenvalue weighted by atomic mass is 35.5. The first kappa shape index (κ1) is 19.4. The molecular weight excluding hydrogens is 435 g/mol. The van der Waals surface area contributed by atoms with Gasteiger partial charge < -0.3 is 0 Å². The summed E-state index contributed by atoms with van der Waals surface area (Å²) in [4.78, 5) is 52.1. The number of carbonyl (C=O) groups is 4. The molecule has 0 aromatic heterocycles. The van der Waals surface area contributed by atoms with E-state index in [0.29, 0.717) is 21.2 Å². The number of rotatable bonds is 4. The predicted octanol–water partition coefficient (Wildman–Crippen LogP) is 3.83. The topological polar surface area (TPSA) is 74.8 Å². The van der Waals surface area contributed by atoms with Crippen LogP contribution in [-0.4, -0.2) is 23.6 Å². The van der Waals surface area contributed by atoms with Crippen molar-refractivity contribution >= 4 is 70.0 Å². The molecule has 0 fully saturated rings. The number of para-hydroxylation sites is 2. The molecule has 6 nitrogen and oxygen atoms in total. The normalized spacial score (nSPS) is 16.6. The lowest BCUT2D eigenvalue weighted by Gasteiger charge is -2.21. The molecule has 4 amide bonds. The van der Waals surface area contributed by atoms with Crippen LogP contribution in [0.3, 0.4) is 0 Å². The Hall–Kier alpha value is -2.87. The van der Waals surface area contributed by atoms with Crippen molar-refractivity contribution in [2.45, 2.75) is 9.79 Å². The van der Waals surface area contributed by atoms with Gasteiger partial charge in [-0.25, -0.2) is 9.80 Å². The number of hydrogen-bond acceptors (Lipinski definition) is 5. The third-order valence-electron chi connectivity index (χ3n) is 4.19. The van der Waals surface area contributed by atoms with Gasteiger partial charge in [0.1, 0.15) is 10.1 Å². The Morgan fingerprint density at radius 3 is 1.34 bits per heavy atom. The van der Waals surface area contributed by atoms with Crippen molar-refractivity contribution in [3.8, 4) is 0 Å². The average Bonchev–Trinajstić information content (AvgIpc) is 3.10. The van der Waals surface area contributed by atoms with Gasteiger partial charge in [0.05, 0.1) is 11.4 Å². The van der Waals surface area contributed by atoms with Crippen molar-refractivity contribution in [2.75, 3.05) is 9.80 Å². The van der Waals surface area contributed by atoms with Crippen molar-refractivity contribution in [1.29, 1.82) is 0 Å². The van der Waals surface area contributed by atoms with E-state index in [-0.39, 0.29) is 10.1 Å². The SMILES string of the molecule is O=C1C=C(Cl)C(=O)N1c1ccccc1Sc1ccccc1N1C(=O)C=C(Cl)C1=O. The number of carbonyl (C=O) groups excluding carboxylic acids is 4. The maximum absolute atomic E-state index is 12.3. The molecule has 0 saturated heterocycles. The Morgan fingerprint density at radius 1 is 0.621 bits per heavy atom. The Balaban J connectivity index is 1.73. The van der Waals surface area contributed by atoms with Crippen molar-refractivity contribution in [3.05, 3.63) is 70.7 Å². The minimum absolute atomic E-state index is 0.163. The van der Waals surface area contributed by atoms with Crippen molar-refractivity contribution in [3.63, 3.8) is 0 Å². The lowest BCUT2D eigenvalue weighted by molar-refractivity contribution is -0.121. The van der Waals surface area contributed by atoms with Crippen LogP contribution < -0.4 is 9.80 Å². The van der Waals surface area contributed by atoms with Crippen LogP contribution in [0.25, 0.3) is 0 Å². The van der Waals surface area contributed by atoms with Crippen LogP contribution in [0, 0.1) is 0 Å². The number of halogens is 2. The molecule has 2 heterocycles. The molecule has 4 rings (SSSR count). The van der Waals surface area contributed by atoms with Crippen LogP contribution in [0.15, 0.2) is 80.5 Å². The van der Waals surface area contributed by atoms with E-state index >= 15 is 0 Å². The maximum atomic E-state index is 12.3. The lowest BCUT2D eigenvalue weighted by Crippen LogP contribution is -2.31. The van der Waals surface area contributed by atoms with E-state index in [9.17, 15) is 19.2 Å². The van der Waals surface area contributed by atoms with Gasteiger partial charge >= 0.3 is 0 Å². The van der Waals surface area contributed by atoms with Crippen LogP contribution in [0.5, 0.6) is 0 Å². The average molecular weight is 445 g/mol. The molecule has 0 unspecified atom stereocenters. The van der Waals surface area contributed by atoms with Crippen molar-refractivity contribution < 1.29 is 19.2 Å². The Kier molecular flexibility index (Phi) is 5.04. The molecule has 9 heteroatoms. The third-order valence-corrected chi connectivity index (χ3v) is 5.86. The molecule has 0 spiro atoms. The molecule has 2 aliphatic heterocycles. The first-order valence-corrected chi connectivity index (χ1v) is 9.83. The second-order valence-electron chi connectivity index (χ2n) is 5.98. The summed E-state index contributed by atoms with van der Waals surface area (Å²) in [5.41, 5.74) is 0.703. The molecule has 0 radical (unpaired) electrons. The second-order valence-corrected chi connectivity index (χ2v) is 7.88. The van der Waals surface area contributed by atoms with Gasteiger partial charge in [-0.3, -0.25) is 19.2 Å². The first-order valence-electron chi connectivity index (χ1n) is 8.25. The van der Waals surface area contributed by atoms with Crippen LogP contribution in [0.1, 0.15) is 0 Å². The highest BCUT2D eigenvalue weighted by Gasteiger charge is 2.35. The monoisotopic (exact) mass is 444 g/mol. The van der Waals surface area contributed by atoms with Gasteiger partial charge in [0.15, 0.2) is 0 Å². The summed E-state index contributed by atoms with van der Waals surface area (Å²) in [6.07, 6.45) is 2.13. The summed E-state index contributed by atoms with van der Waals surface area (Å²) >= 11 is 12.8. The molecule has 0 aliphatic carbocycles. The molecular formula is C20H10Cl2N2O4S. The molecule has 144 valence electrons. The van der Waals surface area contributed by atoms with E-state index in [4.69, 9.17) is 23.2 Å². The predicted molar refractivity (Wildman–Crippen MR) is 110 cm³/mol. The van der Waals surface area contributed by atoms with E-state index in [1.807, 2.05) is 0 Å². The summed E-state index contributed by atoms with van der Waals surface area (Å²) < 4.78 is 0. The number of hydrogen-bond donors (Lipinski definition) is 0. The van der Waals surface area contributed by atoms with Crippen molar-refractivity contribution in [1.82, 2.24) is 0 Å². The fraction of sp³-hybridized carbons (Fsp3) is 0. The molecule has 0 atom stereocenters. The number of nitrogens with zero attached hydrogens (tertiary/aromatic N) is 2. The standard InChI is InChI=1S/C20H10Cl2N2O4S/c21-11-9-17(25)23(19(11)27)13-5-1-3-7-15(13)29-16-8-4-2-6-14(16)24-18(26)10-12(22)20(24)28/h1-10H. The fourth-order valence-corrected chi connectivity index (χ4v) is 4.33. The smallest absolute Gasteiger partial charge is 0.269 e. The van der Waals surface area contributed by atoms with E-state index in [2.05, 4.69) is 0 Å². The van der Waals surface area contributed by atoms with E-state index in [1.165, 1.54) is 11.8 Å². The zero-order chi connectivity index (χ0) is 20.7. The second kappa shape index (κ2) is 7.51. The quantitative estimate of drug-likeness (QED) is 0.669. The molecule has 2 aliphatic rings. The molecule has 2 aromatic carbocycles. The lowest BCUT2D eigenvalue weighted by atomic mass is 10.3. The highest BCUT2D eigenvalue weighted by molar-refractivity contribution is 7.99. The number of amides is 4. The minimum Gasteiger partial charge on any atom is -0.269 e. The molecule has 0 bridgehead atoms. The summed E-state index contributed by atoms with van der Waals surface area (Å²) in [5, 5.41) is -0.326. The number of benzene rings is 2. The minimum atomic E-state index is -0.612. The largest absolute Gasteiger partial charge is 0.277 e. The van der Waals surface area contributed by atoms with E-state index in [1.54, 1.807) is 48.5 Å². The van der Waals surface area contributed by atoms with Gasteiger partial charge in [-0.2, -0.15) is 0 Å². The van der Waals surface area contributed by atoms with Gasteiger partial charge in [0.25, 0.3) is 23.6 Å². The summed E-state index contributed by atoms with van der Waals surface area (Å²) in [5.74, 6) is -2.30. The first-order chi connectivity index (χ1) is 13.9. The van der Waals surface area contributed by atoms with Gasteiger partial charge in [-0.15, -0.1) is 0 Å². The van der Waals surface area contributed by atoms with E-state index in [0.717, 1.165) is 22.0 Å². The number of anilines is 2. The Bertz CT molecular complexity index is 1070. The third kappa shape index (κ3) is 3.37. The van der Waals surface area contributed by atoms with Gasteiger partial charge in [0.2, 0.25) is 0 Å². The zero-order valence-electron chi connectivity index (χ0n) is 14.5. The highest BCUT2D eigenvalue weighted by Crippen LogP contribution is 2.42. The number of imide groups is 2. The molecule has 2 aromatic rings. The summed E-state index contributed by atoms with van der Waals surface area (Å²) in [7, 11) is 0. The summed E-state index contributed by atoms with van der Waals surface area (Å²) in [6, 6.07) is 13.6. The van der Waals surface area contributed by atoms with Crippen LogP contribution >= 0.6 is 35.0 Å². The molecule has 0 N–H and O–H groups in total. The van der Waals surface area contributed by atoms with E-state index < -0.39 is 23.6 Å². The molecule has 29 heavy (non-hydrogen) atoms. The molecule has 0 saturated carbocycles. The Morgan fingerprint density at radius 2 is 1.00 bits per heavy atom.